The third kappa shape index (κ3) is 3.15. The Morgan fingerprint density at radius 3 is 2.93 bits per heavy atom. The first kappa shape index (κ1) is 11.8. The fourth-order valence-corrected chi connectivity index (χ4v) is 2.02. The number of alkyl halides is 1. The Kier molecular flexibility index (Phi) is 4.72. The highest BCUT2D eigenvalue weighted by atomic mass is 35.5. The number of rotatable bonds is 4. The van der Waals surface area contributed by atoms with Crippen molar-refractivity contribution >= 4 is 40.4 Å². The summed E-state index contributed by atoms with van der Waals surface area (Å²) in [6.45, 7) is 2.56. The zero-order valence-electron chi connectivity index (χ0n) is 7.72. The molecule has 1 rings (SSSR count). The number of hydrogen-bond donors (Lipinski definition) is 1. The molecule has 1 atom stereocenters. The van der Waals surface area contributed by atoms with Gasteiger partial charge in [-0.1, -0.05) is 18.5 Å². The van der Waals surface area contributed by atoms with Gasteiger partial charge < -0.3 is 5.32 Å². The van der Waals surface area contributed by atoms with Crippen LogP contribution in [0.5, 0.6) is 0 Å². The molecule has 0 aromatic carbocycles. The van der Waals surface area contributed by atoms with Gasteiger partial charge in [0.2, 0.25) is 0 Å². The Labute approximate surface area is 97.2 Å². The maximum Gasteiger partial charge on any atom is 0.262 e. The molecule has 0 aliphatic rings. The van der Waals surface area contributed by atoms with Crippen molar-refractivity contribution in [2.24, 2.45) is 5.92 Å². The first-order valence-corrected chi connectivity index (χ1v) is 6.01. The van der Waals surface area contributed by atoms with Crippen molar-refractivity contribution in [2.75, 3.05) is 12.4 Å². The van der Waals surface area contributed by atoms with Crippen LogP contribution in [-0.4, -0.2) is 18.3 Å². The van der Waals surface area contributed by atoms with Crippen molar-refractivity contribution in [1.29, 1.82) is 0 Å². The van der Waals surface area contributed by atoms with Gasteiger partial charge in [-0.25, -0.2) is 0 Å². The molecule has 2 nitrogen and oxygen atoms in total. The first-order chi connectivity index (χ1) is 6.65. The number of carbonyl (C=O) groups excluding carboxylic acids is 1. The van der Waals surface area contributed by atoms with Crippen LogP contribution in [-0.2, 0) is 0 Å². The Morgan fingerprint density at radius 1 is 1.71 bits per heavy atom. The predicted octanol–water partition coefficient (Wildman–Crippen LogP) is 3.01. The molecule has 0 bridgehead atoms. The summed E-state index contributed by atoms with van der Waals surface area (Å²) in [5.74, 6) is 0.694. The van der Waals surface area contributed by atoms with E-state index in [1.807, 2.05) is 6.92 Å². The molecule has 1 amide bonds. The van der Waals surface area contributed by atoms with Crippen LogP contribution in [0.2, 0.25) is 5.02 Å². The minimum absolute atomic E-state index is 0.123. The number of nitrogens with one attached hydrogen (secondary N) is 1. The van der Waals surface area contributed by atoms with Gasteiger partial charge in [0, 0.05) is 12.4 Å². The van der Waals surface area contributed by atoms with Gasteiger partial charge in [0.1, 0.15) is 4.88 Å². The predicted molar refractivity (Wildman–Crippen MR) is 61.5 cm³/mol. The highest BCUT2D eigenvalue weighted by Gasteiger charge is 2.11. The molecule has 1 unspecified atom stereocenters. The average molecular weight is 252 g/mol. The summed E-state index contributed by atoms with van der Waals surface area (Å²) < 4.78 is 0. The van der Waals surface area contributed by atoms with Crippen molar-refractivity contribution in [1.82, 2.24) is 5.32 Å². The quantitative estimate of drug-likeness (QED) is 0.820. The molecule has 78 valence electrons. The second-order valence-electron chi connectivity index (χ2n) is 3.07. The molecule has 1 aromatic rings. The van der Waals surface area contributed by atoms with E-state index in [1.54, 1.807) is 11.4 Å². The van der Waals surface area contributed by atoms with Crippen LogP contribution < -0.4 is 5.32 Å². The second kappa shape index (κ2) is 5.59. The van der Waals surface area contributed by atoms with E-state index in [-0.39, 0.29) is 11.8 Å². The summed E-state index contributed by atoms with van der Waals surface area (Å²) in [6.07, 6.45) is 0. The Hall–Kier alpha value is -0.250. The Morgan fingerprint density at radius 2 is 2.43 bits per heavy atom. The van der Waals surface area contributed by atoms with E-state index in [1.165, 1.54) is 11.3 Å². The molecule has 0 saturated carbocycles. The SMILES string of the molecule is CC(CCl)CNC(=O)c1sccc1Cl. The molecule has 14 heavy (non-hydrogen) atoms. The minimum atomic E-state index is -0.123. The van der Waals surface area contributed by atoms with Gasteiger partial charge >= 0.3 is 0 Å². The van der Waals surface area contributed by atoms with Gasteiger partial charge in [-0.15, -0.1) is 22.9 Å². The van der Waals surface area contributed by atoms with E-state index in [0.29, 0.717) is 22.3 Å². The van der Waals surface area contributed by atoms with E-state index in [2.05, 4.69) is 5.32 Å². The van der Waals surface area contributed by atoms with Gasteiger partial charge in [0.05, 0.1) is 5.02 Å². The largest absolute Gasteiger partial charge is 0.351 e. The molecule has 0 spiro atoms. The molecule has 1 N–H and O–H groups in total. The molecule has 0 saturated heterocycles. The maximum atomic E-state index is 11.5. The summed E-state index contributed by atoms with van der Waals surface area (Å²) in [5, 5.41) is 5.08. The summed E-state index contributed by atoms with van der Waals surface area (Å²) in [4.78, 5) is 12.1. The number of thiophene rings is 1. The van der Waals surface area contributed by atoms with E-state index < -0.39 is 0 Å². The normalized spacial score (nSPS) is 12.5. The maximum absolute atomic E-state index is 11.5. The molecule has 0 aliphatic heterocycles. The zero-order chi connectivity index (χ0) is 10.6. The van der Waals surface area contributed by atoms with Crippen LogP contribution in [0.1, 0.15) is 16.6 Å². The average Bonchev–Trinajstić information content (AvgIpc) is 2.60. The Bertz CT molecular complexity index is 314. The summed E-state index contributed by atoms with van der Waals surface area (Å²) in [6, 6.07) is 1.71. The lowest BCUT2D eigenvalue weighted by Gasteiger charge is -2.08. The van der Waals surface area contributed by atoms with E-state index in [4.69, 9.17) is 23.2 Å². The van der Waals surface area contributed by atoms with Gasteiger partial charge in [0.15, 0.2) is 0 Å². The lowest BCUT2D eigenvalue weighted by Crippen LogP contribution is -2.28. The number of halogens is 2. The fraction of sp³-hybridized carbons (Fsp3) is 0.444. The van der Waals surface area contributed by atoms with Crippen LogP contribution in [0.4, 0.5) is 0 Å². The second-order valence-corrected chi connectivity index (χ2v) is 4.70. The first-order valence-electron chi connectivity index (χ1n) is 4.22. The van der Waals surface area contributed by atoms with Crippen molar-refractivity contribution in [3.8, 4) is 0 Å². The zero-order valence-corrected chi connectivity index (χ0v) is 10.0. The third-order valence-corrected chi connectivity index (χ3v) is 3.56. The van der Waals surface area contributed by atoms with Crippen LogP contribution in [0.25, 0.3) is 0 Å². The lowest BCUT2D eigenvalue weighted by atomic mass is 10.2. The molecule has 0 aliphatic carbocycles. The molecular weight excluding hydrogens is 241 g/mol. The highest BCUT2D eigenvalue weighted by Crippen LogP contribution is 2.21. The Balaban J connectivity index is 2.47. The van der Waals surface area contributed by atoms with Gasteiger partial charge in [-0.3, -0.25) is 4.79 Å². The number of hydrogen-bond acceptors (Lipinski definition) is 2. The molecule has 5 heteroatoms. The van der Waals surface area contributed by atoms with E-state index in [0.717, 1.165) is 0 Å². The highest BCUT2D eigenvalue weighted by molar-refractivity contribution is 7.12. The standard InChI is InChI=1S/C9H11Cl2NOS/c1-6(4-10)5-12-9(13)8-7(11)2-3-14-8/h2-3,6H,4-5H2,1H3,(H,12,13). The monoisotopic (exact) mass is 251 g/mol. The van der Waals surface area contributed by atoms with Gasteiger partial charge in [0.25, 0.3) is 5.91 Å². The lowest BCUT2D eigenvalue weighted by molar-refractivity contribution is 0.0953. The van der Waals surface area contributed by atoms with Gasteiger partial charge in [-0.05, 0) is 17.4 Å². The van der Waals surface area contributed by atoms with Gasteiger partial charge in [-0.2, -0.15) is 0 Å². The molecule has 1 aromatic heterocycles. The van der Waals surface area contributed by atoms with Crippen molar-refractivity contribution in [3.63, 3.8) is 0 Å². The molecule has 0 fully saturated rings. The smallest absolute Gasteiger partial charge is 0.262 e. The third-order valence-electron chi connectivity index (χ3n) is 1.70. The summed E-state index contributed by atoms with van der Waals surface area (Å²) in [5.41, 5.74) is 0. The molecule has 0 radical (unpaired) electrons. The van der Waals surface area contributed by atoms with Crippen molar-refractivity contribution in [3.05, 3.63) is 21.3 Å². The van der Waals surface area contributed by atoms with E-state index in [9.17, 15) is 4.79 Å². The van der Waals surface area contributed by atoms with Crippen LogP contribution in [0, 0.1) is 5.92 Å². The van der Waals surface area contributed by atoms with E-state index >= 15 is 0 Å². The fourth-order valence-electron chi connectivity index (χ4n) is 0.858. The molecule has 1 heterocycles. The number of amides is 1. The number of carbonyl (C=O) groups is 1. The van der Waals surface area contributed by atoms with Crippen LogP contribution in [0.15, 0.2) is 11.4 Å². The van der Waals surface area contributed by atoms with Crippen molar-refractivity contribution < 1.29 is 4.79 Å². The molecular formula is C9H11Cl2NOS. The van der Waals surface area contributed by atoms with Crippen LogP contribution >= 0.6 is 34.5 Å². The topological polar surface area (TPSA) is 29.1 Å². The van der Waals surface area contributed by atoms with Crippen LogP contribution in [0.3, 0.4) is 0 Å². The minimum Gasteiger partial charge on any atom is -0.351 e. The summed E-state index contributed by atoms with van der Waals surface area (Å²) >= 11 is 12.8. The summed E-state index contributed by atoms with van der Waals surface area (Å²) in [7, 11) is 0. The van der Waals surface area contributed by atoms with Crippen molar-refractivity contribution in [2.45, 2.75) is 6.92 Å².